The molecule has 0 aliphatic carbocycles. The van der Waals surface area contributed by atoms with Crippen LogP contribution in [0.15, 0.2) is 24.5 Å². The zero-order chi connectivity index (χ0) is 12.4. The van der Waals surface area contributed by atoms with Crippen molar-refractivity contribution in [2.45, 2.75) is 0 Å². The monoisotopic (exact) mass is 241 g/mol. The van der Waals surface area contributed by atoms with E-state index >= 15 is 0 Å². The van der Waals surface area contributed by atoms with E-state index in [0.29, 0.717) is 6.54 Å². The van der Waals surface area contributed by atoms with E-state index in [1.165, 1.54) is 5.69 Å². The average Bonchev–Trinajstić information content (AvgIpc) is 2.88. The van der Waals surface area contributed by atoms with Crippen molar-refractivity contribution in [3.63, 3.8) is 0 Å². The third-order valence-corrected chi connectivity index (χ3v) is 3.44. The lowest BCUT2D eigenvalue weighted by molar-refractivity contribution is 0.287. The number of H-pyrrole nitrogens is 1. The van der Waals surface area contributed by atoms with Gasteiger partial charge in [-0.1, -0.05) is 6.07 Å². The van der Waals surface area contributed by atoms with E-state index in [2.05, 4.69) is 38.0 Å². The number of aromatic amines is 1. The molecule has 92 valence electrons. The standard InChI is InChI=1S/C13H15N5/c14-4-5-17-6-8-18(9-7-17)12-3-1-2-11-13(12)16-10-15-11/h1-3,10H,5-9H2,(H,15,16). The van der Waals surface area contributed by atoms with Gasteiger partial charge in [0.2, 0.25) is 0 Å². The normalized spacial score (nSPS) is 16.9. The lowest BCUT2D eigenvalue weighted by Crippen LogP contribution is -2.46. The fourth-order valence-corrected chi connectivity index (χ4v) is 2.45. The zero-order valence-corrected chi connectivity index (χ0v) is 10.1. The number of aromatic nitrogens is 2. The average molecular weight is 241 g/mol. The summed E-state index contributed by atoms with van der Waals surface area (Å²) in [6, 6.07) is 8.41. The van der Waals surface area contributed by atoms with E-state index in [1.54, 1.807) is 6.33 Å². The molecular weight excluding hydrogens is 226 g/mol. The molecule has 1 aliphatic heterocycles. The number of piperazine rings is 1. The Hall–Kier alpha value is -2.06. The Morgan fingerprint density at radius 2 is 2.11 bits per heavy atom. The van der Waals surface area contributed by atoms with E-state index in [0.717, 1.165) is 37.2 Å². The third-order valence-electron chi connectivity index (χ3n) is 3.44. The molecule has 0 atom stereocenters. The topological polar surface area (TPSA) is 59.0 Å². The van der Waals surface area contributed by atoms with Crippen molar-refractivity contribution in [3.8, 4) is 6.07 Å². The molecule has 0 bridgehead atoms. The lowest BCUT2D eigenvalue weighted by Gasteiger charge is -2.34. The van der Waals surface area contributed by atoms with Gasteiger partial charge in [-0.3, -0.25) is 4.90 Å². The van der Waals surface area contributed by atoms with Gasteiger partial charge < -0.3 is 9.88 Å². The number of nitrogens with one attached hydrogen (secondary N) is 1. The molecule has 1 aliphatic rings. The molecule has 1 saturated heterocycles. The summed E-state index contributed by atoms with van der Waals surface area (Å²) >= 11 is 0. The summed E-state index contributed by atoms with van der Waals surface area (Å²) in [4.78, 5) is 12.0. The Labute approximate surface area is 106 Å². The third kappa shape index (κ3) is 1.91. The summed E-state index contributed by atoms with van der Waals surface area (Å²) in [7, 11) is 0. The summed E-state index contributed by atoms with van der Waals surface area (Å²) in [5, 5.41) is 8.70. The number of anilines is 1. The molecule has 5 nitrogen and oxygen atoms in total. The number of para-hydroxylation sites is 1. The van der Waals surface area contributed by atoms with Gasteiger partial charge in [-0.15, -0.1) is 0 Å². The molecule has 3 rings (SSSR count). The van der Waals surface area contributed by atoms with Gasteiger partial charge in [-0.2, -0.15) is 5.26 Å². The van der Waals surface area contributed by atoms with Gasteiger partial charge in [-0.05, 0) is 12.1 Å². The highest BCUT2D eigenvalue weighted by Crippen LogP contribution is 2.24. The number of nitrogens with zero attached hydrogens (tertiary/aromatic N) is 4. The number of hydrogen-bond acceptors (Lipinski definition) is 4. The van der Waals surface area contributed by atoms with Gasteiger partial charge in [-0.25, -0.2) is 4.98 Å². The molecule has 1 N–H and O–H groups in total. The van der Waals surface area contributed by atoms with Gasteiger partial charge in [0.15, 0.2) is 0 Å². The van der Waals surface area contributed by atoms with Crippen molar-refractivity contribution in [3.05, 3.63) is 24.5 Å². The summed E-state index contributed by atoms with van der Waals surface area (Å²) < 4.78 is 0. The fraction of sp³-hybridized carbons (Fsp3) is 0.385. The van der Waals surface area contributed by atoms with Gasteiger partial charge >= 0.3 is 0 Å². The first-order valence-electron chi connectivity index (χ1n) is 6.15. The van der Waals surface area contributed by atoms with Crippen LogP contribution in [-0.4, -0.2) is 47.6 Å². The molecule has 0 unspecified atom stereocenters. The number of nitriles is 1. The number of fused-ring (bicyclic) bond motifs is 1. The Morgan fingerprint density at radius 3 is 2.89 bits per heavy atom. The lowest BCUT2D eigenvalue weighted by atomic mass is 10.2. The summed E-state index contributed by atoms with van der Waals surface area (Å²) in [6.45, 7) is 4.31. The van der Waals surface area contributed by atoms with Crippen LogP contribution < -0.4 is 4.90 Å². The Morgan fingerprint density at radius 1 is 1.28 bits per heavy atom. The molecule has 2 heterocycles. The number of imidazole rings is 1. The summed E-state index contributed by atoms with van der Waals surface area (Å²) in [6.07, 6.45) is 1.74. The van der Waals surface area contributed by atoms with Crippen LogP contribution in [0.1, 0.15) is 0 Å². The Kier molecular flexibility index (Phi) is 2.87. The molecule has 1 fully saturated rings. The van der Waals surface area contributed by atoms with Gasteiger partial charge in [0.05, 0.1) is 30.1 Å². The minimum absolute atomic E-state index is 0.528. The van der Waals surface area contributed by atoms with Crippen molar-refractivity contribution in [1.82, 2.24) is 14.9 Å². The van der Waals surface area contributed by atoms with Crippen LogP contribution in [0, 0.1) is 11.3 Å². The molecule has 0 saturated carbocycles. The largest absolute Gasteiger partial charge is 0.367 e. The van der Waals surface area contributed by atoms with E-state index in [9.17, 15) is 0 Å². The predicted octanol–water partition coefficient (Wildman–Crippen LogP) is 1.21. The maximum atomic E-state index is 8.70. The molecule has 5 heteroatoms. The highest BCUT2D eigenvalue weighted by molar-refractivity contribution is 5.88. The zero-order valence-electron chi connectivity index (χ0n) is 10.1. The van der Waals surface area contributed by atoms with Gasteiger partial charge in [0, 0.05) is 26.2 Å². The van der Waals surface area contributed by atoms with Crippen LogP contribution in [0.4, 0.5) is 5.69 Å². The predicted molar refractivity (Wildman–Crippen MR) is 70.4 cm³/mol. The van der Waals surface area contributed by atoms with Gasteiger partial charge in [0.1, 0.15) is 5.52 Å². The first-order chi connectivity index (χ1) is 8.88. The van der Waals surface area contributed by atoms with E-state index < -0.39 is 0 Å². The fourth-order valence-electron chi connectivity index (χ4n) is 2.45. The second kappa shape index (κ2) is 4.67. The van der Waals surface area contributed by atoms with E-state index in [4.69, 9.17) is 5.26 Å². The highest BCUT2D eigenvalue weighted by atomic mass is 15.3. The van der Waals surface area contributed by atoms with Crippen molar-refractivity contribution in [2.75, 3.05) is 37.6 Å². The molecule has 18 heavy (non-hydrogen) atoms. The first kappa shape index (κ1) is 11.1. The molecule has 1 aromatic carbocycles. The number of benzene rings is 1. The first-order valence-corrected chi connectivity index (χ1v) is 6.15. The summed E-state index contributed by atoms with van der Waals surface area (Å²) in [5.74, 6) is 0. The SMILES string of the molecule is N#CCN1CCN(c2cccc3[nH]cnc23)CC1. The maximum absolute atomic E-state index is 8.70. The van der Waals surface area contributed by atoms with Crippen LogP contribution in [0.3, 0.4) is 0 Å². The van der Waals surface area contributed by atoms with Crippen LogP contribution in [-0.2, 0) is 0 Å². The van der Waals surface area contributed by atoms with Crippen LogP contribution in [0.5, 0.6) is 0 Å². The molecule has 2 aromatic rings. The minimum atomic E-state index is 0.528. The van der Waals surface area contributed by atoms with Crippen LogP contribution in [0.2, 0.25) is 0 Å². The van der Waals surface area contributed by atoms with E-state index in [1.807, 2.05) is 6.07 Å². The van der Waals surface area contributed by atoms with Crippen LogP contribution >= 0.6 is 0 Å². The number of rotatable bonds is 2. The van der Waals surface area contributed by atoms with E-state index in [-0.39, 0.29) is 0 Å². The highest BCUT2D eigenvalue weighted by Gasteiger charge is 2.18. The molecule has 0 radical (unpaired) electrons. The number of hydrogen-bond donors (Lipinski definition) is 1. The quantitative estimate of drug-likeness (QED) is 0.803. The second-order valence-corrected chi connectivity index (χ2v) is 4.50. The van der Waals surface area contributed by atoms with Crippen molar-refractivity contribution >= 4 is 16.7 Å². The molecule has 1 aromatic heterocycles. The van der Waals surface area contributed by atoms with Crippen molar-refractivity contribution in [1.29, 1.82) is 5.26 Å². The summed E-state index contributed by atoms with van der Waals surface area (Å²) in [5.41, 5.74) is 3.29. The van der Waals surface area contributed by atoms with Gasteiger partial charge in [0.25, 0.3) is 0 Å². The smallest absolute Gasteiger partial charge is 0.112 e. The maximum Gasteiger partial charge on any atom is 0.112 e. The second-order valence-electron chi connectivity index (χ2n) is 4.50. The minimum Gasteiger partial charge on any atom is -0.367 e. The molecular formula is C13H15N5. The van der Waals surface area contributed by atoms with Crippen molar-refractivity contribution < 1.29 is 0 Å². The van der Waals surface area contributed by atoms with Crippen molar-refractivity contribution in [2.24, 2.45) is 0 Å². The Balaban J connectivity index is 1.80. The Bertz CT molecular complexity index is 574. The molecule has 0 amide bonds. The molecule has 0 spiro atoms. The van der Waals surface area contributed by atoms with Crippen LogP contribution in [0.25, 0.3) is 11.0 Å².